The molecule has 0 atom stereocenters. The van der Waals surface area contributed by atoms with E-state index in [-0.39, 0.29) is 10.6 Å². The van der Waals surface area contributed by atoms with Crippen molar-refractivity contribution in [1.82, 2.24) is 4.90 Å². The van der Waals surface area contributed by atoms with Crippen molar-refractivity contribution < 1.29 is 19.6 Å². The van der Waals surface area contributed by atoms with Gasteiger partial charge in [-0.25, -0.2) is 0 Å². The van der Waals surface area contributed by atoms with E-state index in [1.54, 1.807) is 6.92 Å². The summed E-state index contributed by atoms with van der Waals surface area (Å²) < 4.78 is 0. The molecule has 0 unspecified atom stereocenters. The summed E-state index contributed by atoms with van der Waals surface area (Å²) in [5.41, 5.74) is -0.111. The van der Waals surface area contributed by atoms with Crippen LogP contribution in [-0.2, 0) is 4.79 Å². The van der Waals surface area contributed by atoms with Crippen LogP contribution in [-0.4, -0.2) is 39.9 Å². The van der Waals surface area contributed by atoms with Gasteiger partial charge in [0.1, 0.15) is 6.54 Å². The zero-order valence-corrected chi connectivity index (χ0v) is 11.4. The Balaban J connectivity index is 2.99. The summed E-state index contributed by atoms with van der Waals surface area (Å²) in [7, 11) is 0. The fourth-order valence-electron chi connectivity index (χ4n) is 1.60. The van der Waals surface area contributed by atoms with Gasteiger partial charge in [-0.1, -0.05) is 6.92 Å². The zero-order valence-electron chi connectivity index (χ0n) is 10.6. The van der Waals surface area contributed by atoms with E-state index in [0.717, 1.165) is 11.3 Å². The van der Waals surface area contributed by atoms with Crippen molar-refractivity contribution in [1.29, 1.82) is 0 Å². The number of nitro groups is 1. The summed E-state index contributed by atoms with van der Waals surface area (Å²) in [6.45, 7) is 3.28. The summed E-state index contributed by atoms with van der Waals surface area (Å²) in [4.78, 5) is 34.8. The summed E-state index contributed by atoms with van der Waals surface area (Å²) in [6.07, 6.45) is 0.617. The molecule has 0 spiro atoms. The van der Waals surface area contributed by atoms with E-state index in [1.165, 1.54) is 11.0 Å². The molecule has 0 aliphatic rings. The molecule has 0 bridgehead atoms. The van der Waals surface area contributed by atoms with Crippen LogP contribution in [0.2, 0.25) is 0 Å². The van der Waals surface area contributed by atoms with Crippen molar-refractivity contribution in [3.05, 3.63) is 25.9 Å². The van der Waals surface area contributed by atoms with Gasteiger partial charge in [0.25, 0.3) is 11.6 Å². The number of carboxylic acid groups (broad SMARTS) is 1. The first kappa shape index (κ1) is 15.1. The lowest BCUT2D eigenvalue weighted by Crippen LogP contribution is -2.35. The van der Waals surface area contributed by atoms with Crippen LogP contribution in [0, 0.1) is 17.0 Å². The molecular formula is C11H14N2O5S. The third-order valence-corrected chi connectivity index (χ3v) is 3.43. The summed E-state index contributed by atoms with van der Waals surface area (Å²) in [5.74, 6) is -1.59. The second-order valence-electron chi connectivity index (χ2n) is 3.93. The van der Waals surface area contributed by atoms with Crippen molar-refractivity contribution >= 4 is 28.9 Å². The maximum Gasteiger partial charge on any atom is 0.323 e. The molecule has 0 aliphatic carbocycles. The van der Waals surface area contributed by atoms with Crippen molar-refractivity contribution in [2.24, 2.45) is 0 Å². The highest BCUT2D eigenvalue weighted by Crippen LogP contribution is 2.28. The summed E-state index contributed by atoms with van der Waals surface area (Å²) >= 11 is 1.01. The molecule has 1 rings (SSSR count). The van der Waals surface area contributed by atoms with Crippen LogP contribution in [0.25, 0.3) is 0 Å². The number of hydrogen-bond acceptors (Lipinski definition) is 5. The number of aryl methyl sites for hydroxylation is 1. The Bertz CT molecular complexity index is 511. The van der Waals surface area contributed by atoms with Gasteiger partial charge < -0.3 is 10.0 Å². The Labute approximate surface area is 113 Å². The quantitative estimate of drug-likeness (QED) is 0.635. The van der Waals surface area contributed by atoms with Gasteiger partial charge in [0.05, 0.1) is 14.7 Å². The molecule has 0 radical (unpaired) electrons. The molecular weight excluding hydrogens is 272 g/mol. The lowest BCUT2D eigenvalue weighted by Gasteiger charge is -2.18. The predicted molar refractivity (Wildman–Crippen MR) is 69.5 cm³/mol. The number of thiophene rings is 1. The van der Waals surface area contributed by atoms with Crippen LogP contribution in [0.5, 0.6) is 0 Å². The highest BCUT2D eigenvalue weighted by molar-refractivity contribution is 7.14. The number of rotatable bonds is 6. The topological polar surface area (TPSA) is 101 Å². The fraction of sp³-hybridized carbons (Fsp3) is 0.455. The maximum atomic E-state index is 12.1. The number of hydrogen-bond donors (Lipinski definition) is 1. The van der Waals surface area contributed by atoms with Gasteiger partial charge in [0, 0.05) is 12.6 Å². The first-order valence-corrected chi connectivity index (χ1v) is 6.44. The predicted octanol–water partition coefficient (Wildman–Crippen LogP) is 1.90. The second kappa shape index (κ2) is 6.28. The first-order valence-electron chi connectivity index (χ1n) is 5.62. The van der Waals surface area contributed by atoms with Crippen LogP contribution in [0.4, 0.5) is 5.69 Å². The van der Waals surface area contributed by atoms with E-state index in [9.17, 15) is 19.7 Å². The van der Waals surface area contributed by atoms with E-state index in [1.807, 2.05) is 6.92 Å². The normalized spacial score (nSPS) is 10.2. The average Bonchev–Trinajstić information content (AvgIpc) is 2.69. The molecule has 0 saturated heterocycles. The number of carbonyl (C=O) groups is 2. The first-order chi connectivity index (χ1) is 8.86. The third kappa shape index (κ3) is 3.75. The summed E-state index contributed by atoms with van der Waals surface area (Å²) in [5, 5.41) is 19.5. The molecule has 1 aromatic rings. The molecule has 0 saturated carbocycles. The van der Waals surface area contributed by atoms with Crippen LogP contribution in [0.3, 0.4) is 0 Å². The fourth-order valence-corrected chi connectivity index (χ4v) is 2.56. The molecule has 1 aromatic heterocycles. The third-order valence-electron chi connectivity index (χ3n) is 2.41. The Morgan fingerprint density at radius 1 is 1.53 bits per heavy atom. The lowest BCUT2D eigenvalue weighted by atomic mass is 10.3. The van der Waals surface area contributed by atoms with Gasteiger partial charge in [-0.2, -0.15) is 0 Å². The Morgan fingerprint density at radius 2 is 2.16 bits per heavy atom. The number of amides is 1. The van der Waals surface area contributed by atoms with Gasteiger partial charge in [0.15, 0.2) is 0 Å². The van der Waals surface area contributed by atoms with E-state index in [4.69, 9.17) is 5.11 Å². The second-order valence-corrected chi connectivity index (χ2v) is 5.19. The van der Waals surface area contributed by atoms with Crippen molar-refractivity contribution in [3.63, 3.8) is 0 Å². The van der Waals surface area contributed by atoms with Crippen molar-refractivity contribution in [2.75, 3.05) is 13.1 Å². The highest BCUT2D eigenvalue weighted by atomic mass is 32.1. The van der Waals surface area contributed by atoms with Gasteiger partial charge in [-0.05, 0) is 13.3 Å². The van der Waals surface area contributed by atoms with Crippen molar-refractivity contribution in [3.8, 4) is 0 Å². The molecule has 1 N–H and O–H groups in total. The van der Waals surface area contributed by atoms with Gasteiger partial charge in [0.2, 0.25) is 0 Å². The summed E-state index contributed by atoms with van der Waals surface area (Å²) in [6, 6.07) is 1.20. The minimum atomic E-state index is -1.11. The number of carboxylic acids is 1. The molecule has 8 heteroatoms. The SMILES string of the molecule is CCCN(CC(=O)O)C(=O)c1cc([N+](=O)[O-])c(C)s1. The van der Waals surface area contributed by atoms with Gasteiger partial charge in [-0.3, -0.25) is 19.7 Å². The molecule has 19 heavy (non-hydrogen) atoms. The smallest absolute Gasteiger partial charge is 0.323 e. The van der Waals surface area contributed by atoms with Crippen LogP contribution in [0.15, 0.2) is 6.07 Å². The molecule has 104 valence electrons. The lowest BCUT2D eigenvalue weighted by molar-refractivity contribution is -0.385. The molecule has 0 aliphatic heterocycles. The maximum absolute atomic E-state index is 12.1. The number of aliphatic carboxylic acids is 1. The van der Waals surface area contributed by atoms with E-state index in [2.05, 4.69) is 0 Å². The standard InChI is InChI=1S/C11H14N2O5S/c1-3-4-12(6-10(14)15)11(16)9-5-8(13(17)18)7(2)19-9/h5H,3-4,6H2,1-2H3,(H,14,15). The largest absolute Gasteiger partial charge is 0.480 e. The Morgan fingerprint density at radius 3 is 2.58 bits per heavy atom. The van der Waals surface area contributed by atoms with Crippen LogP contribution >= 0.6 is 11.3 Å². The van der Waals surface area contributed by atoms with Gasteiger partial charge >= 0.3 is 5.97 Å². The Kier molecular flexibility index (Phi) is 4.99. The monoisotopic (exact) mass is 286 g/mol. The minimum absolute atomic E-state index is 0.111. The van der Waals surface area contributed by atoms with Gasteiger partial charge in [-0.15, -0.1) is 11.3 Å². The highest BCUT2D eigenvalue weighted by Gasteiger charge is 2.24. The van der Waals surface area contributed by atoms with E-state index in [0.29, 0.717) is 17.8 Å². The molecule has 0 aromatic carbocycles. The Hall–Kier alpha value is -1.96. The zero-order chi connectivity index (χ0) is 14.6. The van der Waals surface area contributed by atoms with Crippen LogP contribution in [0.1, 0.15) is 27.9 Å². The molecule has 0 fully saturated rings. The number of carbonyl (C=O) groups excluding carboxylic acids is 1. The van der Waals surface area contributed by atoms with E-state index >= 15 is 0 Å². The minimum Gasteiger partial charge on any atom is -0.480 e. The number of nitrogens with zero attached hydrogens (tertiary/aromatic N) is 2. The molecule has 1 amide bonds. The average molecular weight is 286 g/mol. The molecule has 1 heterocycles. The van der Waals surface area contributed by atoms with Crippen molar-refractivity contribution in [2.45, 2.75) is 20.3 Å². The van der Waals surface area contributed by atoms with Crippen LogP contribution < -0.4 is 0 Å². The van der Waals surface area contributed by atoms with E-state index < -0.39 is 23.3 Å². The molecule has 7 nitrogen and oxygen atoms in total.